The van der Waals surface area contributed by atoms with E-state index in [2.05, 4.69) is 16.3 Å². The summed E-state index contributed by atoms with van der Waals surface area (Å²) in [4.78, 5) is 26.2. The molecule has 8 heteroatoms. The Labute approximate surface area is 179 Å². The molecule has 3 N–H and O–H groups in total. The van der Waals surface area contributed by atoms with E-state index >= 15 is 0 Å². The average molecular weight is 427 g/mol. The number of nitrogens with two attached hydrogens (primary N) is 1. The number of aromatic nitrogens is 2. The fourth-order valence-corrected chi connectivity index (χ4v) is 4.57. The second kappa shape index (κ2) is 7.75. The maximum Gasteiger partial charge on any atom is 0.410 e. The number of likely N-dealkylation sites (tertiary alicyclic amines) is 1. The zero-order valence-electron chi connectivity index (χ0n) is 17.4. The van der Waals surface area contributed by atoms with Gasteiger partial charge in [0.1, 0.15) is 5.60 Å². The van der Waals surface area contributed by atoms with E-state index in [1.54, 1.807) is 16.2 Å². The monoisotopic (exact) mass is 426 g/mol. The lowest BCUT2D eigenvalue weighted by atomic mass is 9.90. The zero-order chi connectivity index (χ0) is 21.5. The van der Waals surface area contributed by atoms with Gasteiger partial charge in [-0.15, -0.1) is 0 Å². The van der Waals surface area contributed by atoms with Crippen LogP contribution in [0.5, 0.6) is 0 Å². The molecular weight excluding hydrogens is 400 g/mol. The van der Waals surface area contributed by atoms with Crippen LogP contribution in [0.1, 0.15) is 55.6 Å². The molecule has 30 heavy (non-hydrogen) atoms. The van der Waals surface area contributed by atoms with Crippen LogP contribution in [0.3, 0.4) is 0 Å². The fraction of sp³-hybridized carbons (Fsp3) is 0.409. The number of aromatic amines is 1. The van der Waals surface area contributed by atoms with Gasteiger partial charge in [-0.3, -0.25) is 9.89 Å². The molecule has 0 unspecified atom stereocenters. The highest BCUT2D eigenvalue weighted by Crippen LogP contribution is 2.36. The number of carbonyl (C=O) groups excluding carboxylic acids is 2. The molecular formula is C22H26N4O3S. The Morgan fingerprint density at radius 1 is 1.23 bits per heavy atom. The minimum Gasteiger partial charge on any atom is -0.444 e. The number of benzene rings is 1. The van der Waals surface area contributed by atoms with E-state index in [0.717, 1.165) is 35.0 Å². The van der Waals surface area contributed by atoms with Crippen LogP contribution in [0.15, 0.2) is 29.0 Å². The molecule has 0 spiro atoms. The molecule has 0 atom stereocenters. The van der Waals surface area contributed by atoms with Gasteiger partial charge >= 0.3 is 6.09 Å². The number of primary amides is 1. The van der Waals surface area contributed by atoms with Crippen molar-refractivity contribution in [3.8, 4) is 11.1 Å². The Kier molecular flexibility index (Phi) is 5.27. The van der Waals surface area contributed by atoms with Crippen LogP contribution >= 0.6 is 11.3 Å². The van der Waals surface area contributed by atoms with Crippen molar-refractivity contribution in [3.63, 3.8) is 0 Å². The molecule has 0 bridgehead atoms. The van der Waals surface area contributed by atoms with Crippen molar-refractivity contribution in [1.29, 1.82) is 0 Å². The summed E-state index contributed by atoms with van der Waals surface area (Å²) in [7, 11) is 0. The Hall–Kier alpha value is -2.87. The molecule has 1 saturated heterocycles. The van der Waals surface area contributed by atoms with Crippen LogP contribution in [-0.2, 0) is 4.74 Å². The van der Waals surface area contributed by atoms with Crippen molar-refractivity contribution < 1.29 is 14.3 Å². The second-order valence-electron chi connectivity index (χ2n) is 8.67. The lowest BCUT2D eigenvalue weighted by Gasteiger charge is -2.33. The highest BCUT2D eigenvalue weighted by molar-refractivity contribution is 7.08. The first-order valence-electron chi connectivity index (χ1n) is 10.1. The van der Waals surface area contributed by atoms with E-state index in [9.17, 15) is 9.59 Å². The van der Waals surface area contributed by atoms with Gasteiger partial charge in [-0.2, -0.15) is 16.4 Å². The SMILES string of the molecule is CC(C)(C)OC(=O)N1CCC(c2n[nH]c3c(C(N)=O)cc(-c4ccsc4)cc23)CC1. The highest BCUT2D eigenvalue weighted by atomic mass is 32.1. The topological polar surface area (TPSA) is 101 Å². The molecule has 1 aliphatic heterocycles. The summed E-state index contributed by atoms with van der Waals surface area (Å²) in [5.74, 6) is -0.289. The number of nitrogens with one attached hydrogen (secondary N) is 1. The van der Waals surface area contributed by atoms with Crippen LogP contribution in [0.25, 0.3) is 22.0 Å². The van der Waals surface area contributed by atoms with E-state index < -0.39 is 11.5 Å². The molecule has 7 nitrogen and oxygen atoms in total. The molecule has 0 saturated carbocycles. The predicted octanol–water partition coefficient (Wildman–Crippen LogP) is 4.50. The molecule has 0 aliphatic carbocycles. The van der Waals surface area contributed by atoms with Crippen molar-refractivity contribution in [2.45, 2.75) is 45.1 Å². The summed E-state index contributed by atoms with van der Waals surface area (Å²) in [5.41, 5.74) is 9.19. The van der Waals surface area contributed by atoms with Crippen LogP contribution in [0, 0.1) is 0 Å². The normalized spacial score (nSPS) is 15.5. The van der Waals surface area contributed by atoms with Crippen LogP contribution in [-0.4, -0.2) is 45.8 Å². The van der Waals surface area contributed by atoms with Crippen molar-refractivity contribution >= 4 is 34.2 Å². The number of carbonyl (C=O) groups is 2. The van der Waals surface area contributed by atoms with Gasteiger partial charge in [-0.05, 0) is 73.7 Å². The summed E-state index contributed by atoms with van der Waals surface area (Å²) in [6.07, 6.45) is 1.30. The van der Waals surface area contributed by atoms with E-state index in [-0.39, 0.29) is 12.0 Å². The molecule has 0 radical (unpaired) electrons. The van der Waals surface area contributed by atoms with Crippen LogP contribution in [0.4, 0.5) is 4.79 Å². The van der Waals surface area contributed by atoms with Crippen molar-refractivity contribution in [1.82, 2.24) is 15.1 Å². The number of hydrogen-bond acceptors (Lipinski definition) is 5. The van der Waals surface area contributed by atoms with Crippen LogP contribution in [0.2, 0.25) is 0 Å². The van der Waals surface area contributed by atoms with Gasteiger partial charge in [0.15, 0.2) is 0 Å². The van der Waals surface area contributed by atoms with Crippen molar-refractivity contribution in [3.05, 3.63) is 40.2 Å². The number of thiophene rings is 1. The molecule has 2 amide bonds. The minimum atomic E-state index is -0.504. The lowest BCUT2D eigenvalue weighted by Crippen LogP contribution is -2.41. The first-order chi connectivity index (χ1) is 14.2. The largest absolute Gasteiger partial charge is 0.444 e. The lowest BCUT2D eigenvalue weighted by molar-refractivity contribution is 0.0204. The number of nitrogens with zero attached hydrogens (tertiary/aromatic N) is 2. The molecule has 2 aromatic heterocycles. The molecule has 4 rings (SSSR count). The van der Waals surface area contributed by atoms with Crippen molar-refractivity contribution in [2.24, 2.45) is 5.73 Å². The number of rotatable bonds is 3. The van der Waals surface area contributed by atoms with E-state index in [4.69, 9.17) is 10.5 Å². The first-order valence-corrected chi connectivity index (χ1v) is 11.0. The van der Waals surface area contributed by atoms with Gasteiger partial charge in [0.05, 0.1) is 16.8 Å². The Balaban J connectivity index is 1.61. The number of H-pyrrole nitrogens is 1. The molecule has 3 aromatic rings. The Morgan fingerprint density at radius 3 is 2.57 bits per heavy atom. The van der Waals surface area contributed by atoms with Gasteiger partial charge in [0.25, 0.3) is 5.91 Å². The number of piperidine rings is 1. The van der Waals surface area contributed by atoms with Gasteiger partial charge in [-0.25, -0.2) is 4.79 Å². The standard InChI is InChI=1S/C22H26N4O3S/c1-22(2,3)29-21(28)26-7-4-13(5-8-26)18-16-10-15(14-6-9-30-12-14)11-17(20(23)27)19(16)25-24-18/h6,9-13H,4-5,7-8H2,1-3H3,(H2,23,27)(H,24,25). The third-order valence-corrected chi connectivity index (χ3v) is 6.04. The van der Waals surface area contributed by atoms with Crippen molar-refractivity contribution in [2.75, 3.05) is 13.1 Å². The van der Waals surface area contributed by atoms with Gasteiger partial charge in [0.2, 0.25) is 0 Å². The number of fused-ring (bicyclic) bond motifs is 1. The molecule has 1 aliphatic rings. The Morgan fingerprint density at radius 2 is 1.97 bits per heavy atom. The first kappa shape index (κ1) is 20.4. The number of amides is 2. The minimum absolute atomic E-state index is 0.191. The van der Waals surface area contributed by atoms with Crippen LogP contribution < -0.4 is 5.73 Å². The molecule has 158 valence electrons. The smallest absolute Gasteiger partial charge is 0.410 e. The summed E-state index contributed by atoms with van der Waals surface area (Å²) >= 11 is 1.61. The zero-order valence-corrected chi connectivity index (χ0v) is 18.2. The number of ether oxygens (including phenoxy) is 1. The third kappa shape index (κ3) is 4.05. The fourth-order valence-electron chi connectivity index (χ4n) is 3.90. The van der Waals surface area contributed by atoms with E-state index in [0.29, 0.717) is 24.2 Å². The van der Waals surface area contributed by atoms with Gasteiger partial charge in [0, 0.05) is 24.4 Å². The summed E-state index contributed by atoms with van der Waals surface area (Å²) in [6, 6.07) is 5.92. The van der Waals surface area contributed by atoms with Gasteiger partial charge in [-0.1, -0.05) is 0 Å². The molecule has 1 fully saturated rings. The summed E-state index contributed by atoms with van der Waals surface area (Å²) in [6.45, 7) is 6.83. The second-order valence-corrected chi connectivity index (χ2v) is 9.45. The maximum atomic E-state index is 12.3. The van der Waals surface area contributed by atoms with E-state index in [1.165, 1.54) is 0 Å². The summed E-state index contributed by atoms with van der Waals surface area (Å²) in [5, 5.41) is 12.5. The molecule has 1 aromatic carbocycles. The number of hydrogen-bond donors (Lipinski definition) is 2. The quantitative estimate of drug-likeness (QED) is 0.643. The highest BCUT2D eigenvalue weighted by Gasteiger charge is 2.30. The maximum absolute atomic E-state index is 12.3. The van der Waals surface area contributed by atoms with Gasteiger partial charge < -0.3 is 15.4 Å². The molecule has 3 heterocycles. The Bertz CT molecular complexity index is 1070. The third-order valence-electron chi connectivity index (χ3n) is 5.36. The average Bonchev–Trinajstić information content (AvgIpc) is 3.36. The predicted molar refractivity (Wildman–Crippen MR) is 118 cm³/mol. The van der Waals surface area contributed by atoms with E-state index in [1.807, 2.05) is 43.7 Å². The summed E-state index contributed by atoms with van der Waals surface area (Å²) < 4.78 is 5.49.